The summed E-state index contributed by atoms with van der Waals surface area (Å²) in [4.78, 5) is 0. The fourth-order valence-corrected chi connectivity index (χ4v) is 0.903. The minimum absolute atomic E-state index is 0.937. The molecule has 1 nitrogen and oxygen atoms in total. The minimum Gasteiger partial charge on any atom is -0.305 e. The predicted molar refractivity (Wildman–Crippen MR) is 51.3 cm³/mol. The third kappa shape index (κ3) is 9.70. The highest BCUT2D eigenvalue weighted by Crippen LogP contribution is 2.01. The Bertz CT molecular complexity index is 109. The van der Waals surface area contributed by atoms with Gasteiger partial charge in [-0.05, 0) is 18.9 Å². The molecule has 0 saturated carbocycles. The van der Waals surface area contributed by atoms with E-state index in [9.17, 15) is 0 Å². The van der Waals surface area contributed by atoms with E-state index in [1.807, 2.05) is 0 Å². The molecular weight excluding hydrogens is 134 g/mol. The molecular formula is C10H22N+. The van der Waals surface area contributed by atoms with Crippen LogP contribution < -0.4 is 0 Å². The van der Waals surface area contributed by atoms with E-state index in [0.29, 0.717) is 0 Å². The average molecular weight is 156 g/mol. The van der Waals surface area contributed by atoms with Gasteiger partial charge in [-0.3, -0.25) is 0 Å². The van der Waals surface area contributed by atoms with Crippen molar-refractivity contribution in [3.8, 4) is 0 Å². The van der Waals surface area contributed by atoms with Gasteiger partial charge in [-0.1, -0.05) is 19.8 Å². The maximum Gasteiger partial charge on any atom is 0.0911 e. The van der Waals surface area contributed by atoms with E-state index in [1.54, 1.807) is 0 Å². The lowest BCUT2D eigenvalue weighted by Crippen LogP contribution is -2.26. The van der Waals surface area contributed by atoms with Crippen LogP contribution in [0.25, 0.3) is 0 Å². The molecule has 0 radical (unpaired) electrons. The fourth-order valence-electron chi connectivity index (χ4n) is 0.903. The van der Waals surface area contributed by atoms with E-state index in [0.717, 1.165) is 4.48 Å². The van der Waals surface area contributed by atoms with Crippen LogP contribution in [0.2, 0.25) is 0 Å². The normalized spacial score (nSPS) is 12.7. The second-order valence-electron chi connectivity index (χ2n) is 4.00. The number of rotatable bonds is 5. The summed E-state index contributed by atoms with van der Waals surface area (Å²) in [5, 5.41) is 0. The third-order valence-corrected chi connectivity index (χ3v) is 1.53. The topological polar surface area (TPSA) is 0 Å². The monoisotopic (exact) mass is 156 g/mol. The number of unbranched alkanes of at least 4 members (excludes halogenated alkanes) is 3. The lowest BCUT2D eigenvalue weighted by Gasteiger charge is -2.17. The highest BCUT2D eigenvalue weighted by atomic mass is 15.3. The van der Waals surface area contributed by atoms with Crippen molar-refractivity contribution in [1.82, 2.24) is 0 Å². The first kappa shape index (κ1) is 10.7. The number of hydrogen-bond acceptors (Lipinski definition) is 0. The Kier molecular flexibility index (Phi) is 5.22. The molecule has 0 rings (SSSR count). The standard InChI is InChI=1S/C10H22N/c1-5-6-7-8-9-10-11(2,3)4/h9-10H,5-8H2,1-4H3/q+1. The first-order valence-electron chi connectivity index (χ1n) is 4.55. The van der Waals surface area contributed by atoms with Crippen LogP contribution in [0, 0.1) is 0 Å². The molecule has 0 amide bonds. The summed E-state index contributed by atoms with van der Waals surface area (Å²) in [6.07, 6.45) is 9.79. The van der Waals surface area contributed by atoms with E-state index in [2.05, 4.69) is 40.3 Å². The molecule has 0 unspecified atom stereocenters. The summed E-state index contributed by atoms with van der Waals surface area (Å²) in [5.74, 6) is 0. The van der Waals surface area contributed by atoms with Crippen molar-refractivity contribution in [3.05, 3.63) is 12.3 Å². The van der Waals surface area contributed by atoms with Crippen molar-refractivity contribution >= 4 is 0 Å². The Balaban J connectivity index is 3.30. The number of nitrogens with zero attached hydrogens (tertiary/aromatic N) is 1. The molecule has 0 aliphatic carbocycles. The second-order valence-corrected chi connectivity index (χ2v) is 4.00. The Hall–Kier alpha value is -0.300. The first-order chi connectivity index (χ1) is 5.06. The number of quaternary nitrogens is 1. The van der Waals surface area contributed by atoms with E-state index < -0.39 is 0 Å². The molecule has 0 aliphatic heterocycles. The zero-order chi connectivity index (χ0) is 8.74. The van der Waals surface area contributed by atoms with Gasteiger partial charge in [-0.25, -0.2) is 0 Å². The highest BCUT2D eigenvalue weighted by molar-refractivity contribution is 4.72. The molecule has 0 fully saturated rings. The molecule has 0 bridgehead atoms. The number of hydrogen-bond donors (Lipinski definition) is 0. The predicted octanol–water partition coefficient (Wildman–Crippen LogP) is 2.79. The van der Waals surface area contributed by atoms with E-state index in [-0.39, 0.29) is 0 Å². The van der Waals surface area contributed by atoms with Crippen LogP contribution in [0.5, 0.6) is 0 Å². The van der Waals surface area contributed by atoms with E-state index in [1.165, 1.54) is 25.7 Å². The number of allylic oxidation sites excluding steroid dienone is 1. The minimum atomic E-state index is 0.937. The van der Waals surface area contributed by atoms with Crippen molar-refractivity contribution in [2.24, 2.45) is 0 Å². The quantitative estimate of drug-likeness (QED) is 0.424. The van der Waals surface area contributed by atoms with Crippen molar-refractivity contribution < 1.29 is 4.48 Å². The summed E-state index contributed by atoms with van der Waals surface area (Å²) >= 11 is 0. The van der Waals surface area contributed by atoms with Gasteiger partial charge in [0, 0.05) is 0 Å². The third-order valence-electron chi connectivity index (χ3n) is 1.53. The molecule has 0 heterocycles. The lowest BCUT2D eigenvalue weighted by atomic mass is 10.2. The van der Waals surface area contributed by atoms with Crippen LogP contribution in [-0.2, 0) is 0 Å². The summed E-state index contributed by atoms with van der Waals surface area (Å²) in [6.45, 7) is 2.24. The summed E-state index contributed by atoms with van der Waals surface area (Å²) in [7, 11) is 6.53. The van der Waals surface area contributed by atoms with E-state index >= 15 is 0 Å². The van der Waals surface area contributed by atoms with E-state index in [4.69, 9.17) is 0 Å². The molecule has 0 saturated heterocycles. The SMILES string of the molecule is CCCCCC=C[N+](C)(C)C. The van der Waals surface area contributed by atoms with Crippen LogP contribution in [0.1, 0.15) is 32.6 Å². The summed E-state index contributed by atoms with van der Waals surface area (Å²) < 4.78 is 0.937. The smallest absolute Gasteiger partial charge is 0.0911 e. The molecule has 1 heteroatoms. The van der Waals surface area contributed by atoms with Gasteiger partial charge >= 0.3 is 0 Å². The van der Waals surface area contributed by atoms with Gasteiger partial charge in [-0.2, -0.15) is 0 Å². The lowest BCUT2D eigenvalue weighted by molar-refractivity contribution is -0.817. The van der Waals surface area contributed by atoms with Crippen LogP contribution in [-0.4, -0.2) is 25.6 Å². The molecule has 0 N–H and O–H groups in total. The molecule has 11 heavy (non-hydrogen) atoms. The average Bonchev–Trinajstić information content (AvgIpc) is 1.85. The largest absolute Gasteiger partial charge is 0.305 e. The highest BCUT2D eigenvalue weighted by Gasteiger charge is 1.97. The molecule has 0 aromatic carbocycles. The van der Waals surface area contributed by atoms with Gasteiger partial charge in [-0.15, -0.1) is 0 Å². The van der Waals surface area contributed by atoms with Gasteiger partial charge in [0.05, 0.1) is 27.3 Å². The zero-order valence-electron chi connectivity index (χ0n) is 8.43. The Morgan fingerprint density at radius 1 is 1.09 bits per heavy atom. The van der Waals surface area contributed by atoms with Crippen molar-refractivity contribution in [1.29, 1.82) is 0 Å². The fraction of sp³-hybridized carbons (Fsp3) is 0.800. The Labute approximate surface area is 71.3 Å². The van der Waals surface area contributed by atoms with Crippen LogP contribution in [0.15, 0.2) is 12.3 Å². The van der Waals surface area contributed by atoms with Crippen LogP contribution in [0.4, 0.5) is 0 Å². The van der Waals surface area contributed by atoms with Gasteiger partial charge in [0.1, 0.15) is 0 Å². The first-order valence-corrected chi connectivity index (χ1v) is 4.55. The molecule has 0 spiro atoms. The summed E-state index contributed by atoms with van der Waals surface area (Å²) in [5.41, 5.74) is 0. The van der Waals surface area contributed by atoms with Crippen molar-refractivity contribution in [3.63, 3.8) is 0 Å². The Morgan fingerprint density at radius 2 is 1.73 bits per heavy atom. The molecule has 0 atom stereocenters. The summed E-state index contributed by atoms with van der Waals surface area (Å²) in [6, 6.07) is 0. The molecule has 0 aromatic heterocycles. The maximum absolute atomic E-state index is 2.29. The molecule has 0 aliphatic rings. The second kappa shape index (κ2) is 5.36. The van der Waals surface area contributed by atoms with Crippen molar-refractivity contribution in [2.75, 3.05) is 21.1 Å². The van der Waals surface area contributed by atoms with Crippen molar-refractivity contribution in [2.45, 2.75) is 32.6 Å². The molecule has 66 valence electrons. The van der Waals surface area contributed by atoms with Gasteiger partial charge < -0.3 is 4.48 Å². The maximum atomic E-state index is 2.29. The van der Waals surface area contributed by atoms with Gasteiger partial charge in [0.2, 0.25) is 0 Å². The Morgan fingerprint density at radius 3 is 2.18 bits per heavy atom. The van der Waals surface area contributed by atoms with Gasteiger partial charge in [0.25, 0.3) is 0 Å². The molecule has 0 aromatic rings. The van der Waals surface area contributed by atoms with Crippen LogP contribution in [0.3, 0.4) is 0 Å². The zero-order valence-corrected chi connectivity index (χ0v) is 8.43. The van der Waals surface area contributed by atoms with Gasteiger partial charge in [0.15, 0.2) is 0 Å². The van der Waals surface area contributed by atoms with Crippen LogP contribution >= 0.6 is 0 Å².